The fraction of sp³-hybridized carbons (Fsp3) is 0.650. The zero-order valence-electron chi connectivity index (χ0n) is 17.2. The van der Waals surface area contributed by atoms with E-state index in [1.807, 2.05) is 26.8 Å². The molecule has 0 bridgehead atoms. The van der Waals surface area contributed by atoms with Crippen molar-refractivity contribution in [1.82, 2.24) is 15.2 Å². The van der Waals surface area contributed by atoms with Gasteiger partial charge in [-0.05, 0) is 40.2 Å². The molecule has 8 heteroatoms. The fourth-order valence-electron chi connectivity index (χ4n) is 3.50. The first kappa shape index (κ1) is 20.4. The molecule has 3 rings (SSSR count). The second-order valence-electron chi connectivity index (χ2n) is 8.06. The monoisotopic (exact) mass is 390 g/mol. The first-order chi connectivity index (χ1) is 13.3. The molecular weight excluding hydrogens is 360 g/mol. The molecule has 0 aromatic carbocycles. The molecular formula is C20H30N4O4. The number of esters is 1. The van der Waals surface area contributed by atoms with E-state index < -0.39 is 11.6 Å². The van der Waals surface area contributed by atoms with E-state index >= 15 is 0 Å². The molecule has 1 fully saturated rings. The van der Waals surface area contributed by atoms with Gasteiger partial charge in [0.25, 0.3) is 0 Å². The van der Waals surface area contributed by atoms with Crippen LogP contribution in [0.25, 0.3) is 0 Å². The number of piperazine rings is 1. The standard InChI is InChI=1S/C20H30N4O4/c1-5-27-18(25)15-12-17(23-10-7-21-8-11-23)14-6-9-24(13-16(14)22-15)19(26)28-20(2,3)4/h12,21H,5-11,13H2,1-4H3. The second kappa shape index (κ2) is 8.34. The summed E-state index contributed by atoms with van der Waals surface area (Å²) in [5, 5.41) is 3.35. The molecule has 1 saturated heterocycles. The molecule has 1 amide bonds. The second-order valence-corrected chi connectivity index (χ2v) is 8.06. The lowest BCUT2D eigenvalue weighted by Gasteiger charge is -2.35. The van der Waals surface area contributed by atoms with Gasteiger partial charge in [0.1, 0.15) is 5.60 Å². The van der Waals surface area contributed by atoms with Gasteiger partial charge in [0, 0.05) is 44.0 Å². The van der Waals surface area contributed by atoms with Crippen molar-refractivity contribution in [3.63, 3.8) is 0 Å². The number of carbonyl (C=O) groups is 2. The molecule has 8 nitrogen and oxygen atoms in total. The number of nitrogens with one attached hydrogen (secondary N) is 1. The molecule has 1 aromatic rings. The van der Waals surface area contributed by atoms with Gasteiger partial charge >= 0.3 is 12.1 Å². The van der Waals surface area contributed by atoms with Crippen LogP contribution in [0.4, 0.5) is 10.5 Å². The lowest BCUT2D eigenvalue weighted by Crippen LogP contribution is -2.45. The highest BCUT2D eigenvalue weighted by atomic mass is 16.6. The number of carbonyl (C=O) groups excluding carboxylic acids is 2. The van der Waals surface area contributed by atoms with E-state index in [1.165, 1.54) is 0 Å². The predicted octanol–water partition coefficient (Wildman–Crippen LogP) is 1.96. The van der Waals surface area contributed by atoms with Crippen LogP contribution in [0.2, 0.25) is 0 Å². The Morgan fingerprint density at radius 3 is 2.57 bits per heavy atom. The molecule has 154 valence electrons. The van der Waals surface area contributed by atoms with Crippen molar-refractivity contribution >= 4 is 17.7 Å². The number of hydrogen-bond donors (Lipinski definition) is 1. The Morgan fingerprint density at radius 1 is 1.21 bits per heavy atom. The summed E-state index contributed by atoms with van der Waals surface area (Å²) < 4.78 is 10.7. The number of anilines is 1. The quantitative estimate of drug-likeness (QED) is 0.790. The first-order valence-electron chi connectivity index (χ1n) is 9.92. The normalized spacial score (nSPS) is 17.1. The van der Waals surface area contributed by atoms with E-state index in [0.717, 1.165) is 43.1 Å². The van der Waals surface area contributed by atoms with Gasteiger partial charge in [0.2, 0.25) is 0 Å². The van der Waals surface area contributed by atoms with Gasteiger partial charge in [0.05, 0.1) is 18.8 Å². The Hall–Kier alpha value is -2.35. The van der Waals surface area contributed by atoms with Crippen LogP contribution in [0, 0.1) is 0 Å². The van der Waals surface area contributed by atoms with Crippen LogP contribution in [0.1, 0.15) is 49.4 Å². The van der Waals surface area contributed by atoms with Gasteiger partial charge in [-0.3, -0.25) is 0 Å². The van der Waals surface area contributed by atoms with Crippen LogP contribution in [0.5, 0.6) is 0 Å². The topological polar surface area (TPSA) is 84.0 Å². The van der Waals surface area contributed by atoms with Crippen LogP contribution in [-0.4, -0.2) is 66.9 Å². The Balaban J connectivity index is 1.91. The minimum Gasteiger partial charge on any atom is -0.461 e. The molecule has 0 saturated carbocycles. The van der Waals surface area contributed by atoms with Crippen molar-refractivity contribution in [2.24, 2.45) is 0 Å². The Kier molecular flexibility index (Phi) is 6.07. The van der Waals surface area contributed by atoms with Crippen molar-refractivity contribution in [3.8, 4) is 0 Å². The van der Waals surface area contributed by atoms with Crippen LogP contribution >= 0.6 is 0 Å². The van der Waals surface area contributed by atoms with E-state index in [9.17, 15) is 9.59 Å². The van der Waals surface area contributed by atoms with Crippen LogP contribution in [0.15, 0.2) is 6.07 Å². The molecule has 2 aliphatic heterocycles. The molecule has 2 aliphatic rings. The highest BCUT2D eigenvalue weighted by Gasteiger charge is 2.30. The Morgan fingerprint density at radius 2 is 1.93 bits per heavy atom. The number of hydrogen-bond acceptors (Lipinski definition) is 7. The molecule has 3 heterocycles. The van der Waals surface area contributed by atoms with Gasteiger partial charge in [-0.25, -0.2) is 14.6 Å². The number of amides is 1. The summed E-state index contributed by atoms with van der Waals surface area (Å²) in [6, 6.07) is 1.84. The molecule has 0 atom stereocenters. The fourth-order valence-corrected chi connectivity index (χ4v) is 3.50. The molecule has 0 radical (unpaired) electrons. The SMILES string of the molecule is CCOC(=O)c1cc(N2CCNCC2)c2c(n1)CN(C(=O)OC(C)(C)C)CC2. The maximum absolute atomic E-state index is 12.5. The number of nitrogens with zero attached hydrogens (tertiary/aromatic N) is 3. The summed E-state index contributed by atoms with van der Waals surface area (Å²) in [5.41, 5.74) is 2.62. The number of rotatable bonds is 3. The van der Waals surface area contributed by atoms with Crippen LogP contribution in [-0.2, 0) is 22.4 Å². The maximum Gasteiger partial charge on any atom is 0.410 e. The predicted molar refractivity (Wildman–Crippen MR) is 106 cm³/mol. The number of fused-ring (bicyclic) bond motifs is 1. The van der Waals surface area contributed by atoms with E-state index in [0.29, 0.717) is 31.8 Å². The minimum atomic E-state index is -0.552. The summed E-state index contributed by atoms with van der Waals surface area (Å²) >= 11 is 0. The highest BCUT2D eigenvalue weighted by Crippen LogP contribution is 2.30. The highest BCUT2D eigenvalue weighted by molar-refractivity contribution is 5.89. The van der Waals surface area contributed by atoms with Crippen molar-refractivity contribution in [2.75, 3.05) is 44.2 Å². The third-order valence-electron chi connectivity index (χ3n) is 4.75. The van der Waals surface area contributed by atoms with Crippen molar-refractivity contribution < 1.29 is 19.1 Å². The van der Waals surface area contributed by atoms with Crippen LogP contribution in [0.3, 0.4) is 0 Å². The lowest BCUT2D eigenvalue weighted by molar-refractivity contribution is 0.0221. The largest absolute Gasteiger partial charge is 0.461 e. The van der Waals surface area contributed by atoms with E-state index in [2.05, 4.69) is 15.2 Å². The molecule has 0 unspecified atom stereocenters. The Labute approximate surface area is 166 Å². The average molecular weight is 390 g/mol. The van der Waals surface area contributed by atoms with E-state index in [-0.39, 0.29) is 6.09 Å². The maximum atomic E-state index is 12.5. The van der Waals surface area contributed by atoms with Gasteiger partial charge in [-0.15, -0.1) is 0 Å². The average Bonchev–Trinajstić information content (AvgIpc) is 2.66. The third-order valence-corrected chi connectivity index (χ3v) is 4.75. The van der Waals surface area contributed by atoms with E-state index in [4.69, 9.17) is 9.47 Å². The van der Waals surface area contributed by atoms with Gasteiger partial charge in [-0.2, -0.15) is 0 Å². The number of aromatic nitrogens is 1. The summed E-state index contributed by atoms with van der Waals surface area (Å²) in [6.45, 7) is 12.1. The van der Waals surface area contributed by atoms with Crippen molar-refractivity contribution in [3.05, 3.63) is 23.0 Å². The molecule has 1 N–H and O–H groups in total. The molecule has 0 spiro atoms. The minimum absolute atomic E-state index is 0.292. The van der Waals surface area contributed by atoms with Gasteiger partial charge in [-0.1, -0.05) is 0 Å². The zero-order chi connectivity index (χ0) is 20.3. The number of ether oxygens (including phenoxy) is 2. The van der Waals surface area contributed by atoms with E-state index in [1.54, 1.807) is 11.8 Å². The van der Waals surface area contributed by atoms with Crippen LogP contribution < -0.4 is 10.2 Å². The molecule has 1 aromatic heterocycles. The molecule has 28 heavy (non-hydrogen) atoms. The summed E-state index contributed by atoms with van der Waals surface area (Å²) in [7, 11) is 0. The Bertz CT molecular complexity index is 738. The lowest BCUT2D eigenvalue weighted by atomic mass is 10.0. The number of pyridine rings is 1. The summed E-state index contributed by atoms with van der Waals surface area (Å²) in [4.78, 5) is 33.3. The zero-order valence-corrected chi connectivity index (χ0v) is 17.2. The third kappa shape index (κ3) is 4.73. The summed E-state index contributed by atoms with van der Waals surface area (Å²) in [5.74, 6) is -0.434. The smallest absolute Gasteiger partial charge is 0.410 e. The first-order valence-corrected chi connectivity index (χ1v) is 9.92. The van der Waals surface area contributed by atoms with Crippen molar-refractivity contribution in [1.29, 1.82) is 0 Å². The van der Waals surface area contributed by atoms with Gasteiger partial charge in [0.15, 0.2) is 5.69 Å². The summed E-state index contributed by atoms with van der Waals surface area (Å²) in [6.07, 6.45) is 0.328. The van der Waals surface area contributed by atoms with Crippen molar-refractivity contribution in [2.45, 2.75) is 46.3 Å². The van der Waals surface area contributed by atoms with Gasteiger partial charge < -0.3 is 24.6 Å². The molecule has 0 aliphatic carbocycles.